The van der Waals surface area contributed by atoms with Crippen LogP contribution in [0, 0.1) is 0 Å². The quantitative estimate of drug-likeness (QED) is 0.107. The second kappa shape index (κ2) is 15.2. The van der Waals surface area contributed by atoms with Gasteiger partial charge in [-0.2, -0.15) is 0 Å². The number of aromatic nitrogens is 2. The highest BCUT2D eigenvalue weighted by Gasteiger charge is 2.43. The molecular weight excluding hydrogens is 777 g/mol. The molecule has 0 saturated heterocycles. The monoisotopic (exact) mass is 818 g/mol. The van der Waals surface area contributed by atoms with Crippen LogP contribution in [0.1, 0.15) is 0 Å². The van der Waals surface area contributed by atoms with Gasteiger partial charge in [0.25, 0.3) is 0 Å². The number of benzene rings is 10. The molecule has 296 valence electrons. The van der Waals surface area contributed by atoms with Crippen LogP contribution in [0.25, 0.3) is 77.2 Å². The summed E-state index contributed by atoms with van der Waals surface area (Å²) < 4.78 is 5.03. The highest BCUT2D eigenvalue weighted by Crippen LogP contribution is 2.39. The van der Waals surface area contributed by atoms with E-state index in [9.17, 15) is 0 Å². The van der Waals surface area contributed by atoms with Crippen LogP contribution in [0.15, 0.2) is 255 Å². The van der Waals surface area contributed by atoms with Gasteiger partial charge in [0.15, 0.2) is 8.07 Å². The first kappa shape index (κ1) is 36.8. The molecule has 0 radical (unpaired) electrons. The maximum atomic E-state index is 2.56. The molecule has 12 aromatic rings. The number of rotatable bonds is 8. The fourth-order valence-corrected chi connectivity index (χ4v) is 15.4. The molecule has 0 aliphatic carbocycles. The Morgan fingerprint density at radius 2 is 0.714 bits per heavy atom. The van der Waals surface area contributed by atoms with Gasteiger partial charge in [-0.15, -0.1) is 0 Å². The number of nitrogens with zero attached hydrogens (tertiary/aromatic N) is 2. The topological polar surface area (TPSA) is 9.86 Å². The van der Waals surface area contributed by atoms with E-state index in [0.717, 1.165) is 11.4 Å². The number of hydrogen-bond donors (Lipinski definition) is 0. The smallest absolute Gasteiger partial charge is 0.181 e. The molecule has 0 bridgehead atoms. The maximum Gasteiger partial charge on any atom is 0.181 e. The molecule has 0 atom stereocenters. The van der Waals surface area contributed by atoms with Gasteiger partial charge < -0.3 is 9.13 Å². The number of para-hydroxylation sites is 3. The maximum absolute atomic E-state index is 2.93. The normalized spacial score (nSPS) is 11.8. The lowest BCUT2D eigenvalue weighted by Crippen LogP contribution is -2.75. The van der Waals surface area contributed by atoms with Gasteiger partial charge in [0.2, 0.25) is 0 Å². The van der Waals surface area contributed by atoms with Gasteiger partial charge in [-0.1, -0.05) is 218 Å². The molecule has 0 aliphatic rings. The van der Waals surface area contributed by atoms with E-state index < -0.39 is 8.07 Å². The summed E-state index contributed by atoms with van der Waals surface area (Å²) >= 11 is 0. The zero-order valence-electron chi connectivity index (χ0n) is 34.6. The predicted octanol–water partition coefficient (Wildman–Crippen LogP) is 12.6. The fraction of sp³-hybridized carbons (Fsp3) is 0. The first-order valence-electron chi connectivity index (χ1n) is 21.8. The second-order valence-electron chi connectivity index (χ2n) is 16.4. The highest BCUT2D eigenvalue weighted by molar-refractivity contribution is 7.20. The van der Waals surface area contributed by atoms with Crippen molar-refractivity contribution in [2.75, 3.05) is 0 Å². The van der Waals surface area contributed by atoms with Crippen molar-refractivity contribution in [2.45, 2.75) is 0 Å². The van der Waals surface area contributed by atoms with Crippen molar-refractivity contribution in [2.24, 2.45) is 0 Å². The summed E-state index contributed by atoms with van der Waals surface area (Å²) in [6, 6.07) is 94.3. The Balaban J connectivity index is 1.15. The fourth-order valence-electron chi connectivity index (χ4n) is 10.4. The van der Waals surface area contributed by atoms with Crippen molar-refractivity contribution >= 4 is 72.4 Å². The van der Waals surface area contributed by atoms with Gasteiger partial charge in [0.1, 0.15) is 0 Å². The molecule has 0 aliphatic heterocycles. The molecule has 63 heavy (non-hydrogen) atoms. The van der Waals surface area contributed by atoms with Gasteiger partial charge in [-0.05, 0) is 79.4 Å². The molecule has 0 spiro atoms. The third kappa shape index (κ3) is 5.85. The van der Waals surface area contributed by atoms with Crippen LogP contribution in [-0.2, 0) is 0 Å². The number of fused-ring (bicyclic) bond motifs is 6. The van der Waals surface area contributed by atoms with Crippen molar-refractivity contribution in [3.05, 3.63) is 255 Å². The molecule has 0 unspecified atom stereocenters. The third-order valence-electron chi connectivity index (χ3n) is 13.1. The van der Waals surface area contributed by atoms with Crippen LogP contribution >= 0.6 is 0 Å². The summed E-state index contributed by atoms with van der Waals surface area (Å²) in [5, 5.41) is 10.4. The first-order chi connectivity index (χ1) is 31.3. The minimum absolute atomic E-state index is 1.13. The summed E-state index contributed by atoms with van der Waals surface area (Å²) in [7, 11) is -2.93. The molecule has 12 rings (SSSR count). The van der Waals surface area contributed by atoms with Gasteiger partial charge in [-0.25, -0.2) is 0 Å². The molecule has 2 nitrogen and oxygen atoms in total. The molecule has 10 aromatic carbocycles. The molecular formula is C60H42N2Si. The van der Waals surface area contributed by atoms with E-state index in [2.05, 4.69) is 264 Å². The Hall–Kier alpha value is -7.98. The van der Waals surface area contributed by atoms with Gasteiger partial charge >= 0.3 is 0 Å². The van der Waals surface area contributed by atoms with E-state index >= 15 is 0 Å². The number of hydrogen-bond acceptors (Lipinski definition) is 0. The van der Waals surface area contributed by atoms with Crippen molar-refractivity contribution in [1.82, 2.24) is 9.13 Å². The Morgan fingerprint density at radius 1 is 0.270 bits per heavy atom. The van der Waals surface area contributed by atoms with Crippen molar-refractivity contribution in [1.29, 1.82) is 0 Å². The molecule has 0 fully saturated rings. The standard InChI is InChI=1S/C60H42N2Si/c1-5-21-43(22-6-1)50-31-13-14-32-51(50)44-23-19-24-45(41-44)61-56-36-17-15-33-52(56)54-40-39-46(42-58(54)61)62-57-37-18-16-34-53(57)55-35-20-38-59(60(55)62)63(47-25-7-2-8-26-47,48-27-9-3-10-28-48)49-29-11-4-12-30-49/h1-42H. The van der Waals surface area contributed by atoms with Crippen molar-refractivity contribution in [3.8, 4) is 33.6 Å². The van der Waals surface area contributed by atoms with Crippen molar-refractivity contribution in [3.63, 3.8) is 0 Å². The average molecular weight is 819 g/mol. The van der Waals surface area contributed by atoms with E-state index in [1.807, 2.05) is 0 Å². The summed E-state index contributed by atoms with van der Waals surface area (Å²) in [6.07, 6.45) is 0. The SMILES string of the molecule is c1ccc(-c2ccccc2-c2cccc(-n3c4ccccc4c4ccc(-n5c6ccccc6c6cccc([Si](c7ccccc7)(c7ccccc7)c7ccccc7)c65)cc43)c2)cc1. The summed E-state index contributed by atoms with van der Waals surface area (Å²) in [6.45, 7) is 0. The summed E-state index contributed by atoms with van der Waals surface area (Å²) in [4.78, 5) is 0. The van der Waals surface area contributed by atoms with Gasteiger partial charge in [0.05, 0.1) is 22.1 Å². The Morgan fingerprint density at radius 3 is 1.35 bits per heavy atom. The molecule has 3 heteroatoms. The van der Waals surface area contributed by atoms with Crippen molar-refractivity contribution < 1.29 is 0 Å². The van der Waals surface area contributed by atoms with E-state index in [1.165, 1.54) is 86.6 Å². The van der Waals surface area contributed by atoms with Crippen LogP contribution in [0.2, 0.25) is 0 Å². The highest BCUT2D eigenvalue weighted by atomic mass is 28.3. The third-order valence-corrected chi connectivity index (χ3v) is 17.9. The van der Waals surface area contributed by atoms with E-state index in [1.54, 1.807) is 0 Å². The molecule has 0 N–H and O–H groups in total. The van der Waals surface area contributed by atoms with E-state index in [4.69, 9.17) is 0 Å². The van der Waals surface area contributed by atoms with Crippen LogP contribution in [0.5, 0.6) is 0 Å². The average Bonchev–Trinajstić information content (AvgIpc) is 3.89. The molecule has 0 saturated carbocycles. The second-order valence-corrected chi connectivity index (χ2v) is 20.2. The van der Waals surface area contributed by atoms with Gasteiger partial charge in [0, 0.05) is 32.9 Å². The summed E-state index contributed by atoms with van der Waals surface area (Å²) in [5.74, 6) is 0. The van der Waals surface area contributed by atoms with Crippen LogP contribution in [0.3, 0.4) is 0 Å². The first-order valence-corrected chi connectivity index (χ1v) is 23.8. The van der Waals surface area contributed by atoms with E-state index in [-0.39, 0.29) is 0 Å². The lowest BCUT2D eigenvalue weighted by molar-refractivity contribution is 1.16. The lowest BCUT2D eigenvalue weighted by atomic mass is 9.94. The van der Waals surface area contributed by atoms with Crippen LogP contribution < -0.4 is 20.7 Å². The van der Waals surface area contributed by atoms with Crippen LogP contribution in [0.4, 0.5) is 0 Å². The molecule has 2 heterocycles. The summed E-state index contributed by atoms with van der Waals surface area (Å²) in [5.41, 5.74) is 11.9. The zero-order valence-corrected chi connectivity index (χ0v) is 35.6. The lowest BCUT2D eigenvalue weighted by Gasteiger charge is -2.35. The molecule has 2 aromatic heterocycles. The molecule has 0 amide bonds. The Labute approximate surface area is 368 Å². The predicted molar refractivity (Wildman–Crippen MR) is 270 cm³/mol. The zero-order chi connectivity index (χ0) is 41.7. The minimum Gasteiger partial charge on any atom is -0.309 e. The van der Waals surface area contributed by atoms with Crippen LogP contribution in [-0.4, -0.2) is 17.2 Å². The Bertz CT molecular complexity index is 3510. The minimum atomic E-state index is -2.93. The Kier molecular flexibility index (Phi) is 8.87. The van der Waals surface area contributed by atoms with E-state index in [0.29, 0.717) is 0 Å². The van der Waals surface area contributed by atoms with Gasteiger partial charge in [-0.3, -0.25) is 0 Å². The largest absolute Gasteiger partial charge is 0.309 e.